The highest BCUT2D eigenvalue weighted by atomic mass is 35.5. The minimum atomic E-state index is -0.620. The molecular weight excluding hydrogens is 292 g/mol. The molecule has 0 aliphatic carbocycles. The Hall–Kier alpha value is -2.40. The number of carbonyl (C=O) groups is 1. The number of hydrogen-bond donors (Lipinski definition) is 1. The van der Waals surface area contributed by atoms with E-state index in [1.54, 1.807) is 0 Å². The molecule has 0 aliphatic rings. The second-order valence-corrected chi connectivity index (χ2v) is 5.08. The van der Waals surface area contributed by atoms with E-state index in [9.17, 15) is 14.9 Å². The lowest BCUT2D eigenvalue weighted by Crippen LogP contribution is -2.15. The fourth-order valence-electron chi connectivity index (χ4n) is 2.04. The maximum Gasteiger partial charge on any atom is 0.283 e. The maximum absolute atomic E-state index is 12.3. The molecule has 2 aromatic rings. The van der Waals surface area contributed by atoms with E-state index in [4.69, 9.17) is 11.6 Å². The molecule has 0 fully saturated rings. The van der Waals surface area contributed by atoms with Crippen LogP contribution in [0.2, 0.25) is 5.02 Å². The topological polar surface area (TPSA) is 72.2 Å². The normalized spacial score (nSPS) is 10.2. The molecule has 0 heterocycles. The van der Waals surface area contributed by atoms with Crippen molar-refractivity contribution in [3.8, 4) is 0 Å². The van der Waals surface area contributed by atoms with Crippen LogP contribution >= 0.6 is 11.6 Å². The number of rotatable bonds is 3. The average Bonchev–Trinajstić information content (AvgIpc) is 2.42. The first kappa shape index (κ1) is 15.0. The second kappa shape index (κ2) is 5.93. The third kappa shape index (κ3) is 3.20. The lowest BCUT2D eigenvalue weighted by molar-refractivity contribution is -0.385. The first-order valence-electron chi connectivity index (χ1n) is 6.21. The SMILES string of the molecule is Cc1cccc(C)c1NC(=O)c1ccc(Cl)cc1[N+](=O)[O-]. The number of nitro benzene ring substituents is 1. The number of para-hydroxylation sites is 1. The van der Waals surface area contributed by atoms with Crippen molar-refractivity contribution >= 4 is 28.9 Å². The molecule has 0 unspecified atom stereocenters. The van der Waals surface area contributed by atoms with Crippen molar-refractivity contribution in [2.45, 2.75) is 13.8 Å². The fourth-order valence-corrected chi connectivity index (χ4v) is 2.21. The van der Waals surface area contributed by atoms with Crippen LogP contribution in [0.5, 0.6) is 0 Å². The molecule has 0 saturated heterocycles. The zero-order chi connectivity index (χ0) is 15.6. The van der Waals surface area contributed by atoms with Gasteiger partial charge in [-0.3, -0.25) is 14.9 Å². The van der Waals surface area contributed by atoms with Gasteiger partial charge in [0.25, 0.3) is 11.6 Å². The molecule has 5 nitrogen and oxygen atoms in total. The zero-order valence-corrected chi connectivity index (χ0v) is 12.3. The summed E-state index contributed by atoms with van der Waals surface area (Å²) in [5.41, 5.74) is 2.10. The minimum Gasteiger partial charge on any atom is -0.321 e. The van der Waals surface area contributed by atoms with Crippen LogP contribution in [-0.4, -0.2) is 10.8 Å². The summed E-state index contributed by atoms with van der Waals surface area (Å²) in [4.78, 5) is 22.7. The largest absolute Gasteiger partial charge is 0.321 e. The van der Waals surface area contributed by atoms with Crippen molar-refractivity contribution in [1.29, 1.82) is 0 Å². The summed E-state index contributed by atoms with van der Waals surface area (Å²) in [5, 5.41) is 14.0. The number of anilines is 1. The van der Waals surface area contributed by atoms with Gasteiger partial charge in [0.2, 0.25) is 0 Å². The highest BCUT2D eigenvalue weighted by Gasteiger charge is 2.21. The first-order chi connectivity index (χ1) is 9.90. The van der Waals surface area contributed by atoms with Crippen LogP contribution in [0.1, 0.15) is 21.5 Å². The number of nitro groups is 1. The Bertz CT molecular complexity index is 709. The molecule has 0 saturated carbocycles. The summed E-state index contributed by atoms with van der Waals surface area (Å²) in [5.74, 6) is -0.532. The van der Waals surface area contributed by atoms with Gasteiger partial charge in [0.1, 0.15) is 5.56 Å². The summed E-state index contributed by atoms with van der Waals surface area (Å²) < 4.78 is 0. The molecule has 21 heavy (non-hydrogen) atoms. The first-order valence-corrected chi connectivity index (χ1v) is 6.59. The van der Waals surface area contributed by atoms with Crippen molar-refractivity contribution in [3.05, 3.63) is 68.2 Å². The number of nitrogens with one attached hydrogen (secondary N) is 1. The molecule has 2 aromatic carbocycles. The molecule has 1 amide bonds. The van der Waals surface area contributed by atoms with Gasteiger partial charge in [0.15, 0.2) is 0 Å². The molecule has 0 bridgehead atoms. The summed E-state index contributed by atoms with van der Waals surface area (Å²) in [6.07, 6.45) is 0. The molecule has 1 N–H and O–H groups in total. The van der Waals surface area contributed by atoms with Gasteiger partial charge >= 0.3 is 0 Å². The van der Waals surface area contributed by atoms with Crippen molar-refractivity contribution in [1.82, 2.24) is 0 Å². The Morgan fingerprint density at radius 1 is 1.19 bits per heavy atom. The van der Waals surface area contributed by atoms with Gasteiger partial charge in [-0.25, -0.2) is 0 Å². The van der Waals surface area contributed by atoms with E-state index in [1.165, 1.54) is 18.2 Å². The molecule has 0 radical (unpaired) electrons. The van der Waals surface area contributed by atoms with Crippen LogP contribution < -0.4 is 5.32 Å². The molecular formula is C15H13ClN2O3. The van der Waals surface area contributed by atoms with Gasteiger partial charge in [0.05, 0.1) is 4.92 Å². The predicted octanol–water partition coefficient (Wildman–Crippen LogP) is 4.12. The number of benzene rings is 2. The van der Waals surface area contributed by atoms with Crippen molar-refractivity contribution < 1.29 is 9.72 Å². The Balaban J connectivity index is 2.40. The summed E-state index contributed by atoms with van der Waals surface area (Å²) >= 11 is 5.74. The van der Waals surface area contributed by atoms with Gasteiger partial charge in [-0.05, 0) is 37.1 Å². The van der Waals surface area contributed by atoms with E-state index in [-0.39, 0.29) is 16.3 Å². The van der Waals surface area contributed by atoms with E-state index >= 15 is 0 Å². The van der Waals surface area contributed by atoms with Crippen LogP contribution in [0, 0.1) is 24.0 Å². The third-order valence-corrected chi connectivity index (χ3v) is 3.36. The maximum atomic E-state index is 12.3. The Kier molecular flexibility index (Phi) is 4.23. The van der Waals surface area contributed by atoms with Crippen LogP contribution in [0.25, 0.3) is 0 Å². The van der Waals surface area contributed by atoms with Crippen molar-refractivity contribution in [2.75, 3.05) is 5.32 Å². The molecule has 0 atom stereocenters. The highest BCUT2D eigenvalue weighted by Crippen LogP contribution is 2.26. The second-order valence-electron chi connectivity index (χ2n) is 4.64. The van der Waals surface area contributed by atoms with Crippen LogP contribution in [0.15, 0.2) is 36.4 Å². The van der Waals surface area contributed by atoms with E-state index < -0.39 is 10.8 Å². The number of aryl methyl sites for hydroxylation is 2. The fraction of sp³-hybridized carbons (Fsp3) is 0.133. The number of hydrogen-bond acceptors (Lipinski definition) is 3. The molecule has 0 spiro atoms. The van der Waals surface area contributed by atoms with E-state index in [2.05, 4.69) is 5.32 Å². The Morgan fingerprint density at radius 2 is 1.81 bits per heavy atom. The van der Waals surface area contributed by atoms with Gasteiger partial charge < -0.3 is 5.32 Å². The smallest absolute Gasteiger partial charge is 0.283 e. The van der Waals surface area contributed by atoms with Gasteiger partial charge in [-0.1, -0.05) is 29.8 Å². The number of carbonyl (C=O) groups excluding carboxylic acids is 1. The lowest BCUT2D eigenvalue weighted by atomic mass is 10.1. The Labute approximate surface area is 126 Å². The molecule has 0 aromatic heterocycles. The van der Waals surface area contributed by atoms with Crippen LogP contribution in [-0.2, 0) is 0 Å². The standard InChI is InChI=1S/C15H13ClN2O3/c1-9-4-3-5-10(2)14(9)17-15(19)12-7-6-11(16)8-13(12)18(20)21/h3-8H,1-2H3,(H,17,19). The van der Waals surface area contributed by atoms with Crippen molar-refractivity contribution in [2.24, 2.45) is 0 Å². The lowest BCUT2D eigenvalue weighted by Gasteiger charge is -2.11. The zero-order valence-electron chi connectivity index (χ0n) is 11.5. The molecule has 2 rings (SSSR count). The third-order valence-electron chi connectivity index (χ3n) is 3.12. The van der Waals surface area contributed by atoms with E-state index in [0.29, 0.717) is 5.69 Å². The minimum absolute atomic E-state index is 0.0212. The number of nitrogens with zero attached hydrogens (tertiary/aromatic N) is 1. The quantitative estimate of drug-likeness (QED) is 0.685. The average molecular weight is 305 g/mol. The van der Waals surface area contributed by atoms with Gasteiger partial charge in [0, 0.05) is 16.8 Å². The molecule has 108 valence electrons. The monoisotopic (exact) mass is 304 g/mol. The van der Waals surface area contributed by atoms with Crippen LogP contribution in [0.4, 0.5) is 11.4 Å². The van der Waals surface area contributed by atoms with E-state index in [1.807, 2.05) is 32.0 Å². The number of amides is 1. The van der Waals surface area contributed by atoms with Gasteiger partial charge in [-0.2, -0.15) is 0 Å². The summed E-state index contributed by atoms with van der Waals surface area (Å²) in [6.45, 7) is 3.72. The Morgan fingerprint density at radius 3 is 2.38 bits per heavy atom. The molecule has 0 aliphatic heterocycles. The summed E-state index contributed by atoms with van der Waals surface area (Å²) in [7, 11) is 0. The highest BCUT2D eigenvalue weighted by molar-refractivity contribution is 6.31. The van der Waals surface area contributed by atoms with Gasteiger partial charge in [-0.15, -0.1) is 0 Å². The summed E-state index contributed by atoms with van der Waals surface area (Å²) in [6, 6.07) is 9.57. The van der Waals surface area contributed by atoms with E-state index in [0.717, 1.165) is 11.1 Å². The predicted molar refractivity (Wildman–Crippen MR) is 82.0 cm³/mol. The van der Waals surface area contributed by atoms with Crippen molar-refractivity contribution in [3.63, 3.8) is 0 Å². The van der Waals surface area contributed by atoms with Crippen LogP contribution in [0.3, 0.4) is 0 Å². The molecule has 6 heteroatoms. The number of halogens is 1.